The van der Waals surface area contributed by atoms with Crippen molar-refractivity contribution in [3.63, 3.8) is 0 Å². The van der Waals surface area contributed by atoms with E-state index in [1.807, 2.05) is 0 Å². The average Bonchev–Trinajstić information content (AvgIpc) is 2.40. The maximum Gasteiger partial charge on any atom is 0.0270 e. The quantitative estimate of drug-likeness (QED) is 0.285. The Morgan fingerprint density at radius 2 is 2.31 bits per heavy atom. The molecule has 0 unspecified atom stereocenters. The summed E-state index contributed by atoms with van der Waals surface area (Å²) in [7, 11) is 0. The van der Waals surface area contributed by atoms with Gasteiger partial charge in [-0.05, 0) is 36.9 Å². The molecule has 0 aromatic carbocycles. The summed E-state index contributed by atoms with van der Waals surface area (Å²) in [4.78, 5) is 5.19. The molecule has 74 valence electrons. The van der Waals surface area contributed by atoms with Crippen LogP contribution in [0.25, 0.3) is 10.4 Å². The van der Waals surface area contributed by atoms with Crippen LogP contribution in [0.2, 0.25) is 0 Å². The first kappa shape index (κ1) is 10.4. The number of likely N-dealkylation sites (tertiary alicyclic amines) is 1. The van der Waals surface area contributed by atoms with Crippen molar-refractivity contribution in [1.82, 2.24) is 4.90 Å². The van der Waals surface area contributed by atoms with Gasteiger partial charge in [0.15, 0.2) is 0 Å². The van der Waals surface area contributed by atoms with Crippen molar-refractivity contribution in [1.29, 1.82) is 0 Å². The summed E-state index contributed by atoms with van der Waals surface area (Å²) in [6, 6.07) is 0. The maximum absolute atomic E-state index is 8.09. The lowest BCUT2D eigenvalue weighted by Gasteiger charge is -2.18. The predicted molar refractivity (Wildman–Crippen MR) is 53.5 cm³/mol. The molecule has 0 radical (unpaired) electrons. The van der Waals surface area contributed by atoms with Gasteiger partial charge in [0, 0.05) is 18.0 Å². The number of hydrogen-bond donors (Lipinski definition) is 0. The van der Waals surface area contributed by atoms with Crippen LogP contribution in [-0.2, 0) is 0 Å². The Balaban J connectivity index is 2.14. The second-order valence-corrected chi connectivity index (χ2v) is 4.50. The van der Waals surface area contributed by atoms with Crippen LogP contribution in [0.5, 0.6) is 0 Å². The third-order valence-corrected chi connectivity index (χ3v) is 2.55. The Morgan fingerprint density at radius 1 is 1.54 bits per heavy atom. The van der Waals surface area contributed by atoms with Crippen LogP contribution in [0.1, 0.15) is 26.7 Å². The summed E-state index contributed by atoms with van der Waals surface area (Å²) in [5.74, 6) is 0. The zero-order valence-electron chi connectivity index (χ0n) is 8.53. The summed E-state index contributed by atoms with van der Waals surface area (Å²) in [6.07, 6.45) is 2.27. The van der Waals surface area contributed by atoms with Crippen LogP contribution < -0.4 is 0 Å². The van der Waals surface area contributed by atoms with Gasteiger partial charge in [0.2, 0.25) is 0 Å². The van der Waals surface area contributed by atoms with E-state index < -0.39 is 0 Å². The van der Waals surface area contributed by atoms with Crippen molar-refractivity contribution >= 4 is 0 Å². The minimum absolute atomic E-state index is 0.485. The maximum atomic E-state index is 8.09. The number of rotatable bonds is 4. The Morgan fingerprint density at radius 3 is 2.85 bits per heavy atom. The van der Waals surface area contributed by atoms with Crippen LogP contribution in [0.4, 0.5) is 0 Å². The lowest BCUT2D eigenvalue weighted by Crippen LogP contribution is -2.24. The fourth-order valence-corrected chi connectivity index (χ4v) is 1.82. The number of nitrogens with zero attached hydrogens (tertiary/aromatic N) is 4. The SMILES string of the molecule is CC1(C)CCN(CCCN=[N+]=[N-])C1. The van der Waals surface area contributed by atoms with E-state index in [2.05, 4.69) is 28.8 Å². The molecule has 4 nitrogen and oxygen atoms in total. The molecule has 0 N–H and O–H groups in total. The highest BCUT2D eigenvalue weighted by atomic mass is 15.2. The van der Waals surface area contributed by atoms with E-state index in [1.165, 1.54) is 19.5 Å². The van der Waals surface area contributed by atoms with Crippen molar-refractivity contribution in [2.45, 2.75) is 26.7 Å². The zero-order chi connectivity index (χ0) is 9.73. The molecule has 1 fully saturated rings. The molecule has 1 saturated heterocycles. The molecule has 0 atom stereocenters. The second-order valence-electron chi connectivity index (χ2n) is 4.50. The molecule has 13 heavy (non-hydrogen) atoms. The molecule has 0 aromatic rings. The van der Waals surface area contributed by atoms with Gasteiger partial charge in [-0.3, -0.25) is 0 Å². The molecule has 1 heterocycles. The third kappa shape index (κ3) is 3.66. The van der Waals surface area contributed by atoms with E-state index >= 15 is 0 Å². The number of azide groups is 1. The summed E-state index contributed by atoms with van der Waals surface area (Å²) in [5, 5.41) is 3.52. The molecular weight excluding hydrogens is 164 g/mol. The standard InChI is InChI=1S/C9H18N4/c1-9(2)4-7-13(8-9)6-3-5-11-12-10/h3-8H2,1-2H3. The van der Waals surface area contributed by atoms with Gasteiger partial charge in [0.25, 0.3) is 0 Å². The van der Waals surface area contributed by atoms with E-state index in [4.69, 9.17) is 5.53 Å². The van der Waals surface area contributed by atoms with E-state index in [0.29, 0.717) is 12.0 Å². The zero-order valence-corrected chi connectivity index (χ0v) is 8.53. The predicted octanol–water partition coefficient (Wildman–Crippen LogP) is 2.42. The molecule has 4 heteroatoms. The molecule has 1 aliphatic rings. The van der Waals surface area contributed by atoms with Crippen molar-refractivity contribution in [2.75, 3.05) is 26.2 Å². The molecule has 0 saturated carbocycles. The normalized spacial score (nSPS) is 21.4. The summed E-state index contributed by atoms with van der Waals surface area (Å²) < 4.78 is 0. The number of hydrogen-bond acceptors (Lipinski definition) is 2. The molecular formula is C9H18N4. The first-order valence-corrected chi connectivity index (χ1v) is 4.87. The average molecular weight is 182 g/mol. The highest BCUT2D eigenvalue weighted by Gasteiger charge is 2.28. The molecule has 0 aliphatic carbocycles. The van der Waals surface area contributed by atoms with Crippen LogP contribution in [0, 0.1) is 5.41 Å². The van der Waals surface area contributed by atoms with Crippen molar-refractivity contribution in [3.8, 4) is 0 Å². The van der Waals surface area contributed by atoms with E-state index in [1.54, 1.807) is 0 Å². The molecule has 1 aliphatic heterocycles. The van der Waals surface area contributed by atoms with Crippen LogP contribution in [0.15, 0.2) is 5.11 Å². The summed E-state index contributed by atoms with van der Waals surface area (Å²) in [6.45, 7) is 8.70. The van der Waals surface area contributed by atoms with Gasteiger partial charge in [0.1, 0.15) is 0 Å². The summed E-state index contributed by atoms with van der Waals surface area (Å²) in [5.41, 5.74) is 8.57. The second kappa shape index (κ2) is 4.49. The van der Waals surface area contributed by atoms with Crippen molar-refractivity contribution in [3.05, 3.63) is 10.4 Å². The van der Waals surface area contributed by atoms with Crippen LogP contribution in [-0.4, -0.2) is 31.1 Å². The lowest BCUT2D eigenvalue weighted by molar-refractivity contribution is 0.289. The first-order valence-electron chi connectivity index (χ1n) is 4.87. The molecule has 0 bridgehead atoms. The highest BCUT2D eigenvalue weighted by molar-refractivity contribution is 4.82. The van der Waals surface area contributed by atoms with Gasteiger partial charge < -0.3 is 4.90 Å². The Labute approximate surface area is 79.5 Å². The van der Waals surface area contributed by atoms with Gasteiger partial charge in [-0.1, -0.05) is 19.0 Å². The third-order valence-electron chi connectivity index (χ3n) is 2.55. The van der Waals surface area contributed by atoms with Gasteiger partial charge in [-0.2, -0.15) is 0 Å². The Kier molecular flexibility index (Phi) is 3.58. The van der Waals surface area contributed by atoms with Crippen LogP contribution >= 0.6 is 0 Å². The molecule has 0 aromatic heterocycles. The topological polar surface area (TPSA) is 52.0 Å². The fourth-order valence-electron chi connectivity index (χ4n) is 1.82. The summed E-state index contributed by atoms with van der Waals surface area (Å²) >= 11 is 0. The molecule has 0 spiro atoms. The van der Waals surface area contributed by atoms with E-state index in [-0.39, 0.29) is 0 Å². The lowest BCUT2D eigenvalue weighted by atomic mass is 9.93. The van der Waals surface area contributed by atoms with E-state index in [9.17, 15) is 0 Å². The Hall–Kier alpha value is -0.730. The van der Waals surface area contributed by atoms with E-state index in [0.717, 1.165) is 13.0 Å². The fraction of sp³-hybridized carbons (Fsp3) is 1.00. The first-order chi connectivity index (χ1) is 6.14. The minimum Gasteiger partial charge on any atom is -0.303 e. The van der Waals surface area contributed by atoms with Gasteiger partial charge in [-0.25, -0.2) is 0 Å². The van der Waals surface area contributed by atoms with Crippen molar-refractivity contribution in [2.24, 2.45) is 10.5 Å². The highest BCUT2D eigenvalue weighted by Crippen LogP contribution is 2.28. The Bertz CT molecular complexity index is 206. The van der Waals surface area contributed by atoms with Gasteiger partial charge >= 0.3 is 0 Å². The van der Waals surface area contributed by atoms with Gasteiger partial charge in [-0.15, -0.1) is 0 Å². The monoisotopic (exact) mass is 182 g/mol. The van der Waals surface area contributed by atoms with Gasteiger partial charge in [0.05, 0.1) is 0 Å². The molecule has 1 rings (SSSR count). The smallest absolute Gasteiger partial charge is 0.0270 e. The molecule has 0 amide bonds. The largest absolute Gasteiger partial charge is 0.303 e. The van der Waals surface area contributed by atoms with Crippen molar-refractivity contribution < 1.29 is 0 Å². The van der Waals surface area contributed by atoms with Crippen LogP contribution in [0.3, 0.4) is 0 Å². The minimum atomic E-state index is 0.485.